The van der Waals surface area contributed by atoms with Crippen molar-refractivity contribution >= 4 is 11.7 Å². The molecule has 150 valence electrons. The Kier molecular flexibility index (Phi) is 5.94. The quantitative estimate of drug-likeness (QED) is 0.719. The molecule has 1 aliphatic heterocycles. The Morgan fingerprint density at radius 3 is 2.43 bits per heavy atom. The number of nitrogens with one attached hydrogen (secondary N) is 2. The maximum absolute atomic E-state index is 12.2. The third-order valence-electron chi connectivity index (χ3n) is 5.69. The van der Waals surface area contributed by atoms with E-state index >= 15 is 0 Å². The van der Waals surface area contributed by atoms with Crippen molar-refractivity contribution in [1.82, 2.24) is 5.32 Å². The number of carbonyl (C=O) groups excluding carboxylic acids is 1. The zero-order valence-electron chi connectivity index (χ0n) is 17.3. The van der Waals surface area contributed by atoms with Gasteiger partial charge in [0.05, 0.1) is 13.2 Å². The molecule has 5 heteroatoms. The van der Waals surface area contributed by atoms with Crippen LogP contribution in [0.5, 0.6) is 5.75 Å². The lowest BCUT2D eigenvalue weighted by atomic mass is 9.86. The van der Waals surface area contributed by atoms with Crippen LogP contribution < -0.4 is 15.4 Å². The Bertz CT molecular complexity index is 873. The molecule has 1 atom stereocenters. The Morgan fingerprint density at radius 2 is 1.82 bits per heavy atom. The Hall–Kier alpha value is -2.53. The predicted octanol–water partition coefficient (Wildman–Crippen LogP) is 4.37. The molecule has 5 nitrogen and oxygen atoms in total. The fourth-order valence-electron chi connectivity index (χ4n) is 3.89. The summed E-state index contributed by atoms with van der Waals surface area (Å²) in [4.78, 5) is 12.2. The molecular formula is C23H30N2O3. The lowest BCUT2D eigenvalue weighted by Gasteiger charge is -2.20. The van der Waals surface area contributed by atoms with Gasteiger partial charge in [0.25, 0.3) is 0 Å². The lowest BCUT2D eigenvalue weighted by Crippen LogP contribution is -2.31. The number of anilines is 1. The molecule has 0 saturated carbocycles. The first-order valence-electron chi connectivity index (χ1n) is 9.87. The highest BCUT2D eigenvalue weighted by molar-refractivity contribution is 5.92. The number of rotatable bonds is 5. The standard InChI is InChI=1S/C23H30N2O3/c1-13(2)17-6-8-18(9-7-17)19-12-28-22-15(4)14(3)21(16(5)20(19)22)25-23(27)24-10-11-26/h6-9,13,19,26H,10-12H2,1-5H3,(H2,24,25,27). The smallest absolute Gasteiger partial charge is 0.319 e. The van der Waals surface area contributed by atoms with Crippen molar-refractivity contribution in [3.8, 4) is 5.75 Å². The summed E-state index contributed by atoms with van der Waals surface area (Å²) >= 11 is 0. The summed E-state index contributed by atoms with van der Waals surface area (Å²) in [5, 5.41) is 14.5. The van der Waals surface area contributed by atoms with Crippen LogP contribution in [0.2, 0.25) is 0 Å². The van der Waals surface area contributed by atoms with Gasteiger partial charge in [-0.15, -0.1) is 0 Å². The number of amides is 2. The summed E-state index contributed by atoms with van der Waals surface area (Å²) in [6.45, 7) is 11.2. The lowest BCUT2D eigenvalue weighted by molar-refractivity contribution is 0.244. The van der Waals surface area contributed by atoms with Crippen LogP contribution in [0.3, 0.4) is 0 Å². The molecule has 0 saturated heterocycles. The van der Waals surface area contributed by atoms with Gasteiger partial charge in [0.2, 0.25) is 0 Å². The summed E-state index contributed by atoms with van der Waals surface area (Å²) in [5.74, 6) is 1.59. The van der Waals surface area contributed by atoms with Crippen molar-refractivity contribution in [2.24, 2.45) is 0 Å². The maximum atomic E-state index is 12.2. The van der Waals surface area contributed by atoms with Crippen LogP contribution in [0.15, 0.2) is 24.3 Å². The van der Waals surface area contributed by atoms with E-state index in [9.17, 15) is 4.79 Å². The van der Waals surface area contributed by atoms with E-state index in [0.29, 0.717) is 12.5 Å². The number of fused-ring (bicyclic) bond motifs is 1. The zero-order chi connectivity index (χ0) is 20.4. The summed E-state index contributed by atoms with van der Waals surface area (Å²) in [7, 11) is 0. The minimum absolute atomic E-state index is 0.0864. The fraction of sp³-hybridized carbons (Fsp3) is 0.435. The number of carbonyl (C=O) groups is 1. The van der Waals surface area contributed by atoms with Crippen LogP contribution in [0.4, 0.5) is 10.5 Å². The van der Waals surface area contributed by atoms with Gasteiger partial charge < -0.3 is 20.5 Å². The predicted molar refractivity (Wildman–Crippen MR) is 113 cm³/mol. The van der Waals surface area contributed by atoms with Gasteiger partial charge in [-0.25, -0.2) is 4.79 Å². The minimum atomic E-state index is -0.309. The van der Waals surface area contributed by atoms with Crippen molar-refractivity contribution in [2.75, 3.05) is 25.1 Å². The molecule has 3 N–H and O–H groups in total. The molecule has 28 heavy (non-hydrogen) atoms. The van der Waals surface area contributed by atoms with E-state index < -0.39 is 0 Å². The monoisotopic (exact) mass is 382 g/mol. The van der Waals surface area contributed by atoms with Crippen LogP contribution in [0, 0.1) is 20.8 Å². The molecule has 0 aliphatic carbocycles. The minimum Gasteiger partial charge on any atom is -0.492 e. The van der Waals surface area contributed by atoms with Gasteiger partial charge in [0, 0.05) is 23.7 Å². The van der Waals surface area contributed by atoms with Gasteiger partial charge in [0.15, 0.2) is 0 Å². The second-order valence-electron chi connectivity index (χ2n) is 7.78. The number of ether oxygens (including phenoxy) is 1. The number of benzene rings is 2. The molecule has 0 radical (unpaired) electrons. The summed E-state index contributed by atoms with van der Waals surface area (Å²) in [6.07, 6.45) is 0. The van der Waals surface area contributed by atoms with Crippen LogP contribution in [-0.4, -0.2) is 30.9 Å². The molecule has 2 aromatic rings. The first-order chi connectivity index (χ1) is 13.3. The van der Waals surface area contributed by atoms with Gasteiger partial charge in [0.1, 0.15) is 5.75 Å². The van der Waals surface area contributed by atoms with Crippen molar-refractivity contribution in [1.29, 1.82) is 0 Å². The van der Waals surface area contributed by atoms with E-state index in [1.54, 1.807) is 0 Å². The van der Waals surface area contributed by atoms with Crippen LogP contribution in [0.25, 0.3) is 0 Å². The largest absolute Gasteiger partial charge is 0.492 e. The third kappa shape index (κ3) is 3.72. The average molecular weight is 383 g/mol. The molecule has 1 heterocycles. The average Bonchev–Trinajstić information content (AvgIpc) is 3.13. The Labute approximate surface area is 167 Å². The van der Waals surface area contributed by atoms with Crippen molar-refractivity contribution in [3.63, 3.8) is 0 Å². The van der Waals surface area contributed by atoms with Gasteiger partial charge >= 0.3 is 6.03 Å². The van der Waals surface area contributed by atoms with Crippen LogP contribution in [-0.2, 0) is 0 Å². The molecule has 0 spiro atoms. The molecule has 0 fully saturated rings. The topological polar surface area (TPSA) is 70.6 Å². The highest BCUT2D eigenvalue weighted by Gasteiger charge is 2.32. The van der Waals surface area contributed by atoms with Crippen molar-refractivity contribution < 1.29 is 14.6 Å². The van der Waals surface area contributed by atoms with E-state index in [4.69, 9.17) is 9.84 Å². The number of aliphatic hydroxyl groups is 1. The number of aliphatic hydroxyl groups excluding tert-OH is 1. The SMILES string of the molecule is Cc1c(C)c2c(c(C)c1NC(=O)NCCO)C(c1ccc(C(C)C)cc1)CO2. The van der Waals surface area contributed by atoms with Crippen molar-refractivity contribution in [2.45, 2.75) is 46.5 Å². The molecule has 3 rings (SSSR count). The summed E-state index contributed by atoms with van der Waals surface area (Å²) in [6, 6.07) is 8.45. The van der Waals surface area contributed by atoms with Gasteiger partial charge in [-0.2, -0.15) is 0 Å². The molecule has 0 aromatic heterocycles. The summed E-state index contributed by atoms with van der Waals surface area (Å²) < 4.78 is 6.10. The van der Waals surface area contributed by atoms with Crippen LogP contribution >= 0.6 is 0 Å². The van der Waals surface area contributed by atoms with Gasteiger partial charge in [-0.1, -0.05) is 38.1 Å². The normalized spacial score (nSPS) is 15.3. The van der Waals surface area contributed by atoms with Gasteiger partial charge in [-0.05, 0) is 54.5 Å². The molecule has 0 bridgehead atoms. The third-order valence-corrected chi connectivity index (χ3v) is 5.69. The fourth-order valence-corrected chi connectivity index (χ4v) is 3.89. The first kappa shape index (κ1) is 20.2. The van der Waals surface area contributed by atoms with E-state index in [0.717, 1.165) is 33.7 Å². The van der Waals surface area contributed by atoms with Crippen LogP contribution in [0.1, 0.15) is 59.1 Å². The molecule has 2 aromatic carbocycles. The van der Waals surface area contributed by atoms with E-state index in [1.165, 1.54) is 11.1 Å². The zero-order valence-corrected chi connectivity index (χ0v) is 17.3. The molecule has 1 unspecified atom stereocenters. The number of urea groups is 1. The van der Waals surface area contributed by atoms with Crippen molar-refractivity contribution in [3.05, 3.63) is 57.6 Å². The van der Waals surface area contributed by atoms with Gasteiger partial charge in [-0.3, -0.25) is 0 Å². The maximum Gasteiger partial charge on any atom is 0.319 e. The Balaban J connectivity index is 1.99. The second-order valence-corrected chi connectivity index (χ2v) is 7.78. The molecule has 1 aliphatic rings. The highest BCUT2D eigenvalue weighted by Crippen LogP contribution is 2.46. The summed E-state index contributed by atoms with van der Waals surface area (Å²) in [5.41, 5.74) is 7.62. The van der Waals surface area contributed by atoms with E-state index in [1.807, 2.05) is 20.8 Å². The highest BCUT2D eigenvalue weighted by atomic mass is 16.5. The number of hydrogen-bond donors (Lipinski definition) is 3. The molecule has 2 amide bonds. The molecular weight excluding hydrogens is 352 g/mol. The number of hydrogen-bond acceptors (Lipinski definition) is 3. The van der Waals surface area contributed by atoms with E-state index in [-0.39, 0.29) is 25.1 Å². The Morgan fingerprint density at radius 1 is 1.14 bits per heavy atom. The second kappa shape index (κ2) is 8.23. The van der Waals surface area contributed by atoms with E-state index in [2.05, 4.69) is 48.7 Å². The first-order valence-corrected chi connectivity index (χ1v) is 9.87.